The van der Waals surface area contributed by atoms with Gasteiger partial charge in [0.05, 0.1) is 25.2 Å². The summed E-state index contributed by atoms with van der Waals surface area (Å²) in [5, 5.41) is 4.00. The van der Waals surface area contributed by atoms with E-state index in [1.54, 1.807) is 13.8 Å². The summed E-state index contributed by atoms with van der Waals surface area (Å²) < 4.78 is 15.7. The Morgan fingerprint density at radius 1 is 1.00 bits per heavy atom. The highest BCUT2D eigenvalue weighted by atomic mass is 32.1. The first kappa shape index (κ1) is 22.5. The second-order valence-electron chi connectivity index (χ2n) is 6.51. The summed E-state index contributed by atoms with van der Waals surface area (Å²) in [7, 11) is 0. The molecule has 0 bridgehead atoms. The van der Waals surface area contributed by atoms with Crippen molar-refractivity contribution in [2.45, 2.75) is 34.1 Å². The maximum Gasteiger partial charge on any atom is 0.348 e. The lowest BCUT2D eigenvalue weighted by Gasteiger charge is -2.11. The number of hydrogen-bond donors (Lipinski definition) is 1. The molecule has 0 unspecified atom stereocenters. The Kier molecular flexibility index (Phi) is 7.41. The van der Waals surface area contributed by atoms with Crippen LogP contribution in [0, 0.1) is 6.92 Å². The fraction of sp³-hybridized carbons (Fsp3) is 0.364. The van der Waals surface area contributed by atoms with Crippen molar-refractivity contribution >= 4 is 45.0 Å². The van der Waals surface area contributed by atoms with Crippen molar-refractivity contribution in [3.63, 3.8) is 0 Å². The molecule has 1 N–H and O–H groups in total. The number of ether oxygens (including phenoxy) is 3. The smallest absolute Gasteiger partial charge is 0.348 e. The first-order valence-electron chi connectivity index (χ1n) is 10.1. The molecule has 0 aliphatic carbocycles. The van der Waals surface area contributed by atoms with Crippen LogP contribution < -0.4 is 10.1 Å². The van der Waals surface area contributed by atoms with Gasteiger partial charge in [0.1, 0.15) is 33.5 Å². The molecule has 3 rings (SSSR count). The largest absolute Gasteiger partial charge is 0.494 e. The average molecular weight is 444 g/mol. The third-order valence-corrected chi connectivity index (χ3v) is 5.50. The van der Waals surface area contributed by atoms with E-state index in [0.717, 1.165) is 22.4 Å². The van der Waals surface area contributed by atoms with E-state index in [-0.39, 0.29) is 19.6 Å². The van der Waals surface area contributed by atoms with Gasteiger partial charge in [-0.05, 0) is 57.5 Å². The normalized spacial score (nSPS) is 10.7. The van der Waals surface area contributed by atoms with Gasteiger partial charge in [0.2, 0.25) is 0 Å². The average Bonchev–Trinajstić information content (AvgIpc) is 3.07. The number of hydrogen-bond acceptors (Lipinski definition) is 9. The number of benzene rings is 1. The number of anilines is 2. The van der Waals surface area contributed by atoms with Crippen LogP contribution in [0.1, 0.15) is 41.8 Å². The maximum atomic E-state index is 12.4. The number of aryl methyl sites for hydroxylation is 1. The lowest BCUT2D eigenvalue weighted by Crippen LogP contribution is -2.11. The predicted octanol–water partition coefficient (Wildman–Crippen LogP) is 4.42. The fourth-order valence-electron chi connectivity index (χ4n) is 3.02. The lowest BCUT2D eigenvalue weighted by molar-refractivity contribution is -0.142. The Balaban J connectivity index is 2.04. The summed E-state index contributed by atoms with van der Waals surface area (Å²) >= 11 is 1.22. The van der Waals surface area contributed by atoms with E-state index >= 15 is 0 Å². The Morgan fingerprint density at radius 2 is 1.71 bits per heavy atom. The van der Waals surface area contributed by atoms with Crippen molar-refractivity contribution in [3.05, 3.63) is 40.5 Å². The van der Waals surface area contributed by atoms with Gasteiger partial charge in [0.15, 0.2) is 0 Å². The molecule has 3 aromatic rings. The molecule has 2 heterocycles. The van der Waals surface area contributed by atoms with Gasteiger partial charge < -0.3 is 19.5 Å². The molecule has 0 saturated carbocycles. The number of carbonyl (C=O) groups excluding carboxylic acids is 2. The first-order valence-corrected chi connectivity index (χ1v) is 10.9. The Labute approximate surface area is 184 Å². The van der Waals surface area contributed by atoms with Crippen LogP contribution >= 0.6 is 11.3 Å². The van der Waals surface area contributed by atoms with Crippen molar-refractivity contribution in [2.75, 3.05) is 25.1 Å². The molecule has 0 amide bonds. The summed E-state index contributed by atoms with van der Waals surface area (Å²) in [5.41, 5.74) is 1.52. The van der Waals surface area contributed by atoms with Gasteiger partial charge in [-0.25, -0.2) is 14.8 Å². The highest BCUT2D eigenvalue weighted by Crippen LogP contribution is 2.35. The number of nitrogens with one attached hydrogen (secondary N) is 1. The molecular weight excluding hydrogens is 418 g/mol. The summed E-state index contributed by atoms with van der Waals surface area (Å²) in [5.74, 6) is 0.781. The van der Waals surface area contributed by atoms with Crippen molar-refractivity contribution in [2.24, 2.45) is 0 Å². The van der Waals surface area contributed by atoms with E-state index < -0.39 is 11.9 Å². The van der Waals surface area contributed by atoms with E-state index in [1.807, 2.05) is 38.1 Å². The molecule has 164 valence electrons. The van der Waals surface area contributed by atoms with Crippen molar-refractivity contribution in [1.29, 1.82) is 0 Å². The minimum Gasteiger partial charge on any atom is -0.494 e. The second-order valence-corrected chi connectivity index (χ2v) is 7.51. The Bertz CT molecular complexity index is 1080. The number of nitrogens with zero attached hydrogens (tertiary/aromatic N) is 2. The van der Waals surface area contributed by atoms with Gasteiger partial charge in [-0.1, -0.05) is 0 Å². The number of fused-ring (bicyclic) bond motifs is 1. The van der Waals surface area contributed by atoms with Crippen LogP contribution in [0.4, 0.5) is 11.5 Å². The number of carbonyl (C=O) groups is 2. The summed E-state index contributed by atoms with van der Waals surface area (Å²) in [6.07, 6.45) is -0.0621. The lowest BCUT2D eigenvalue weighted by atomic mass is 10.2. The zero-order chi connectivity index (χ0) is 22.4. The van der Waals surface area contributed by atoms with Crippen LogP contribution in [-0.4, -0.2) is 41.7 Å². The third-order valence-electron chi connectivity index (χ3n) is 4.33. The zero-order valence-electron chi connectivity index (χ0n) is 18.0. The van der Waals surface area contributed by atoms with Gasteiger partial charge in [0.25, 0.3) is 0 Å². The number of rotatable bonds is 9. The van der Waals surface area contributed by atoms with Gasteiger partial charge in [-0.3, -0.25) is 4.79 Å². The predicted molar refractivity (Wildman–Crippen MR) is 119 cm³/mol. The SMILES string of the molecule is CCOC(=O)Cc1nc(Nc2ccc(OCC)cc2)c2c(C)c(C(=O)OCC)sc2n1. The molecule has 0 radical (unpaired) electrons. The van der Waals surface area contributed by atoms with Gasteiger partial charge >= 0.3 is 11.9 Å². The standard InChI is InChI=1S/C22H25N3O5S/c1-5-28-15-10-8-14(9-11-15)23-20-18-13(4)19(22(27)30-7-3)31-21(18)25-16(24-20)12-17(26)29-6-2/h8-11H,5-7,12H2,1-4H3,(H,23,24,25). The first-order chi connectivity index (χ1) is 15.0. The number of aromatic nitrogens is 2. The van der Waals surface area contributed by atoms with E-state index in [4.69, 9.17) is 14.2 Å². The topological polar surface area (TPSA) is 99.6 Å². The van der Waals surface area contributed by atoms with Gasteiger partial charge in [0, 0.05) is 5.69 Å². The Hall–Kier alpha value is -3.20. The van der Waals surface area contributed by atoms with Gasteiger partial charge in [-0.15, -0.1) is 11.3 Å². The molecule has 8 nitrogen and oxygen atoms in total. The zero-order valence-corrected chi connectivity index (χ0v) is 18.8. The molecule has 0 fully saturated rings. The minimum absolute atomic E-state index is 0.0621. The molecule has 9 heteroatoms. The van der Waals surface area contributed by atoms with Crippen LogP contribution in [0.2, 0.25) is 0 Å². The van der Waals surface area contributed by atoms with Crippen molar-refractivity contribution in [3.8, 4) is 5.75 Å². The summed E-state index contributed by atoms with van der Waals surface area (Å²) in [6, 6.07) is 7.46. The van der Waals surface area contributed by atoms with Crippen LogP contribution in [-0.2, 0) is 20.7 Å². The van der Waals surface area contributed by atoms with E-state index in [1.165, 1.54) is 11.3 Å². The second kappa shape index (κ2) is 10.2. The van der Waals surface area contributed by atoms with Crippen LogP contribution in [0.15, 0.2) is 24.3 Å². The van der Waals surface area contributed by atoms with Gasteiger partial charge in [-0.2, -0.15) is 0 Å². The summed E-state index contributed by atoms with van der Waals surface area (Å²) in [6.45, 7) is 8.42. The molecule has 31 heavy (non-hydrogen) atoms. The minimum atomic E-state index is -0.409. The van der Waals surface area contributed by atoms with Crippen molar-refractivity contribution in [1.82, 2.24) is 9.97 Å². The third kappa shape index (κ3) is 5.29. The number of esters is 2. The molecule has 1 aromatic carbocycles. The molecule has 0 spiro atoms. The highest BCUT2D eigenvalue weighted by molar-refractivity contribution is 7.20. The van der Waals surface area contributed by atoms with E-state index in [0.29, 0.717) is 28.0 Å². The fourth-order valence-corrected chi connectivity index (χ4v) is 4.12. The maximum absolute atomic E-state index is 12.4. The highest BCUT2D eigenvalue weighted by Gasteiger charge is 2.22. The molecule has 0 atom stereocenters. The summed E-state index contributed by atoms with van der Waals surface area (Å²) in [4.78, 5) is 34.5. The van der Waals surface area contributed by atoms with Crippen LogP contribution in [0.25, 0.3) is 10.2 Å². The number of thiophene rings is 1. The monoisotopic (exact) mass is 443 g/mol. The van der Waals surface area contributed by atoms with E-state index in [2.05, 4.69) is 15.3 Å². The van der Waals surface area contributed by atoms with Crippen LogP contribution in [0.3, 0.4) is 0 Å². The van der Waals surface area contributed by atoms with Crippen LogP contribution in [0.5, 0.6) is 5.75 Å². The molecule has 0 aliphatic heterocycles. The quantitative estimate of drug-likeness (QED) is 0.485. The molecule has 2 aromatic heterocycles. The van der Waals surface area contributed by atoms with E-state index in [9.17, 15) is 9.59 Å². The molecular formula is C22H25N3O5S. The molecule has 0 aliphatic rings. The molecule has 0 saturated heterocycles. The Morgan fingerprint density at radius 3 is 2.35 bits per heavy atom. The van der Waals surface area contributed by atoms with Crippen molar-refractivity contribution < 1.29 is 23.8 Å².